The molecule has 2 N–H and O–H groups in total. The molecule has 3 unspecified atom stereocenters. The van der Waals surface area contributed by atoms with Crippen LogP contribution >= 0.6 is 0 Å². The number of carbonyl (C=O) groups is 1. The first-order valence-electron chi connectivity index (χ1n) is 10.7. The summed E-state index contributed by atoms with van der Waals surface area (Å²) in [5.74, 6) is 2.26. The van der Waals surface area contributed by atoms with Gasteiger partial charge in [-0.1, -0.05) is 6.07 Å². The summed E-state index contributed by atoms with van der Waals surface area (Å²) < 4.78 is 11.9. The second-order valence-corrected chi connectivity index (χ2v) is 8.45. The summed E-state index contributed by atoms with van der Waals surface area (Å²) in [6.07, 6.45) is 3.87. The minimum absolute atomic E-state index is 0.00142. The maximum absolute atomic E-state index is 13.4. The van der Waals surface area contributed by atoms with E-state index in [0.717, 1.165) is 66.2 Å². The van der Waals surface area contributed by atoms with Crippen molar-refractivity contribution in [2.24, 2.45) is 5.92 Å². The van der Waals surface area contributed by atoms with Gasteiger partial charge in [-0.2, -0.15) is 0 Å². The Bertz CT molecular complexity index is 971. The fourth-order valence-electron chi connectivity index (χ4n) is 4.92. The molecule has 2 aliphatic heterocycles. The predicted octanol–water partition coefficient (Wildman–Crippen LogP) is 4.07. The van der Waals surface area contributed by atoms with Crippen LogP contribution < -0.4 is 20.1 Å². The van der Waals surface area contributed by atoms with E-state index >= 15 is 0 Å². The Hall–Kier alpha value is -2.69. The zero-order valence-corrected chi connectivity index (χ0v) is 17.1. The monoisotopic (exact) mass is 392 g/mol. The molecule has 0 aromatic heterocycles. The topological polar surface area (TPSA) is 64.8 Å². The average Bonchev–Trinajstić information content (AvgIpc) is 3.42. The molecular weight excluding hydrogens is 364 g/mol. The minimum atomic E-state index is -0.00142. The first-order valence-corrected chi connectivity index (χ1v) is 10.7. The van der Waals surface area contributed by atoms with Gasteiger partial charge in [-0.05, 0) is 62.9 Å². The number of nitrogens with zero attached hydrogens (tertiary/aromatic N) is 1. The van der Waals surface area contributed by atoms with E-state index in [1.807, 2.05) is 30.0 Å². The Morgan fingerprint density at radius 2 is 2.21 bits per heavy atom. The first-order chi connectivity index (χ1) is 14.1. The summed E-state index contributed by atoms with van der Waals surface area (Å²) >= 11 is 0. The number of ether oxygens (including phenoxy) is 2. The molecule has 152 valence electrons. The standard InChI is InChI=1S/C24H28N2O3/c1-3-28-23-11-15-10-14(2)29-22(15)13-18(23)17-12-19(17)24(27)26-9-5-6-16-20(25)7-4-8-21(16)26/h4,7-8,11,13-14,17,19H,3,5-6,9-10,12,25H2,1-2H3. The third kappa shape index (κ3) is 3.13. The summed E-state index contributed by atoms with van der Waals surface area (Å²) in [5, 5.41) is 0. The number of carbonyl (C=O) groups excluding carboxylic acids is 1. The molecule has 0 bridgehead atoms. The SMILES string of the molecule is CCOc1cc2c(cc1C1CC1C(=O)N1CCCc3c(N)cccc31)OC(C)C2. The lowest BCUT2D eigenvalue weighted by atomic mass is 9.98. The largest absolute Gasteiger partial charge is 0.494 e. The molecule has 0 radical (unpaired) electrons. The van der Waals surface area contributed by atoms with Crippen molar-refractivity contribution in [2.75, 3.05) is 23.8 Å². The number of benzene rings is 2. The van der Waals surface area contributed by atoms with Crippen molar-refractivity contribution in [3.8, 4) is 11.5 Å². The summed E-state index contributed by atoms with van der Waals surface area (Å²) in [5.41, 5.74) is 11.4. The summed E-state index contributed by atoms with van der Waals surface area (Å²) in [4.78, 5) is 15.3. The van der Waals surface area contributed by atoms with Crippen LogP contribution in [-0.4, -0.2) is 25.2 Å². The quantitative estimate of drug-likeness (QED) is 0.797. The molecular formula is C24H28N2O3. The molecule has 1 amide bonds. The Kier molecular flexibility index (Phi) is 4.41. The van der Waals surface area contributed by atoms with E-state index in [4.69, 9.17) is 15.2 Å². The normalized spacial score (nSPS) is 24.5. The van der Waals surface area contributed by atoms with Crippen molar-refractivity contribution >= 4 is 17.3 Å². The van der Waals surface area contributed by atoms with Gasteiger partial charge in [-0.25, -0.2) is 0 Å². The Morgan fingerprint density at radius 3 is 3.03 bits per heavy atom. The molecule has 5 rings (SSSR count). The third-order valence-corrected chi connectivity index (χ3v) is 6.39. The number of rotatable bonds is 4. The Balaban J connectivity index is 1.41. The lowest BCUT2D eigenvalue weighted by Gasteiger charge is -2.30. The van der Waals surface area contributed by atoms with E-state index in [-0.39, 0.29) is 23.8 Å². The van der Waals surface area contributed by atoms with Crippen LogP contribution in [0.1, 0.15) is 49.3 Å². The minimum Gasteiger partial charge on any atom is -0.494 e. The zero-order chi connectivity index (χ0) is 20.1. The van der Waals surface area contributed by atoms with E-state index in [0.29, 0.717) is 6.61 Å². The van der Waals surface area contributed by atoms with Gasteiger partial charge in [-0.15, -0.1) is 0 Å². The van der Waals surface area contributed by atoms with Crippen molar-refractivity contribution in [3.05, 3.63) is 47.0 Å². The van der Waals surface area contributed by atoms with E-state index < -0.39 is 0 Å². The molecule has 2 aromatic carbocycles. The van der Waals surface area contributed by atoms with Gasteiger partial charge in [0.05, 0.1) is 6.61 Å². The maximum atomic E-state index is 13.4. The molecule has 2 aromatic rings. The zero-order valence-electron chi connectivity index (χ0n) is 17.1. The highest BCUT2D eigenvalue weighted by Gasteiger charge is 2.48. The van der Waals surface area contributed by atoms with Gasteiger partial charge in [0, 0.05) is 47.3 Å². The smallest absolute Gasteiger partial charge is 0.230 e. The molecule has 3 aliphatic rings. The summed E-state index contributed by atoms with van der Waals surface area (Å²) in [6.45, 7) is 5.47. The van der Waals surface area contributed by atoms with Crippen LogP contribution in [0.25, 0.3) is 0 Å². The molecule has 1 saturated carbocycles. The highest BCUT2D eigenvalue weighted by atomic mass is 16.5. The number of fused-ring (bicyclic) bond motifs is 2. The van der Waals surface area contributed by atoms with Gasteiger partial charge < -0.3 is 20.1 Å². The fourth-order valence-corrected chi connectivity index (χ4v) is 4.92. The second kappa shape index (κ2) is 6.97. The summed E-state index contributed by atoms with van der Waals surface area (Å²) in [6, 6.07) is 10.1. The van der Waals surface area contributed by atoms with E-state index in [9.17, 15) is 4.79 Å². The van der Waals surface area contributed by atoms with Crippen LogP contribution in [0.4, 0.5) is 11.4 Å². The van der Waals surface area contributed by atoms with Crippen molar-refractivity contribution in [1.29, 1.82) is 0 Å². The third-order valence-electron chi connectivity index (χ3n) is 6.39. The maximum Gasteiger partial charge on any atom is 0.230 e. The highest BCUT2D eigenvalue weighted by molar-refractivity contribution is 5.99. The van der Waals surface area contributed by atoms with Gasteiger partial charge in [-0.3, -0.25) is 4.79 Å². The molecule has 0 saturated heterocycles. The number of nitrogen functional groups attached to an aromatic ring is 1. The van der Waals surface area contributed by atoms with Crippen LogP contribution in [-0.2, 0) is 17.6 Å². The van der Waals surface area contributed by atoms with E-state index in [2.05, 4.69) is 19.1 Å². The van der Waals surface area contributed by atoms with Gasteiger partial charge in [0.15, 0.2) is 0 Å². The molecule has 0 spiro atoms. The van der Waals surface area contributed by atoms with Gasteiger partial charge in [0.2, 0.25) is 5.91 Å². The Labute approximate surface area is 171 Å². The molecule has 1 aliphatic carbocycles. The lowest BCUT2D eigenvalue weighted by Crippen LogP contribution is -2.37. The number of amides is 1. The summed E-state index contributed by atoms with van der Waals surface area (Å²) in [7, 11) is 0. The highest BCUT2D eigenvalue weighted by Crippen LogP contribution is 2.54. The number of hydrogen-bond acceptors (Lipinski definition) is 4. The molecule has 5 nitrogen and oxygen atoms in total. The molecule has 5 heteroatoms. The fraction of sp³-hybridized carbons (Fsp3) is 0.458. The van der Waals surface area contributed by atoms with Gasteiger partial charge in [0.1, 0.15) is 17.6 Å². The number of anilines is 2. The first kappa shape index (κ1) is 18.3. The van der Waals surface area contributed by atoms with Crippen molar-refractivity contribution in [3.63, 3.8) is 0 Å². The van der Waals surface area contributed by atoms with Crippen LogP contribution in [0.2, 0.25) is 0 Å². The van der Waals surface area contributed by atoms with E-state index in [1.54, 1.807) is 0 Å². The van der Waals surface area contributed by atoms with Crippen molar-refractivity contribution in [2.45, 2.75) is 51.6 Å². The van der Waals surface area contributed by atoms with Crippen molar-refractivity contribution in [1.82, 2.24) is 0 Å². The number of hydrogen-bond donors (Lipinski definition) is 1. The van der Waals surface area contributed by atoms with Crippen LogP contribution in [0.5, 0.6) is 11.5 Å². The van der Waals surface area contributed by atoms with Crippen LogP contribution in [0.15, 0.2) is 30.3 Å². The Morgan fingerprint density at radius 1 is 1.34 bits per heavy atom. The average molecular weight is 392 g/mol. The van der Waals surface area contributed by atoms with Crippen molar-refractivity contribution < 1.29 is 14.3 Å². The molecule has 3 atom stereocenters. The van der Waals surface area contributed by atoms with Crippen LogP contribution in [0, 0.1) is 5.92 Å². The van der Waals surface area contributed by atoms with Gasteiger partial charge >= 0.3 is 0 Å². The van der Waals surface area contributed by atoms with E-state index in [1.165, 1.54) is 5.56 Å². The van der Waals surface area contributed by atoms with Crippen LogP contribution in [0.3, 0.4) is 0 Å². The molecule has 1 fully saturated rings. The molecule has 2 heterocycles. The lowest BCUT2D eigenvalue weighted by molar-refractivity contribution is -0.120. The number of nitrogens with two attached hydrogens (primary N) is 1. The predicted molar refractivity (Wildman–Crippen MR) is 114 cm³/mol. The molecule has 29 heavy (non-hydrogen) atoms. The second-order valence-electron chi connectivity index (χ2n) is 8.45. The van der Waals surface area contributed by atoms with Gasteiger partial charge in [0.25, 0.3) is 0 Å².